The van der Waals surface area contributed by atoms with Crippen LogP contribution in [-0.2, 0) is 9.59 Å². The van der Waals surface area contributed by atoms with Crippen molar-refractivity contribution in [2.24, 2.45) is 0 Å². The molecule has 0 saturated carbocycles. The lowest BCUT2D eigenvalue weighted by Crippen LogP contribution is -2.49. The Morgan fingerprint density at radius 1 is 0.943 bits per heavy atom. The fourth-order valence-corrected chi connectivity index (χ4v) is 4.03. The minimum atomic E-state index is -1.02. The number of ether oxygens (including phenoxy) is 1. The molecule has 0 radical (unpaired) electrons. The fraction of sp³-hybridized carbons (Fsp3) is 0.154. The largest absolute Gasteiger partial charge is 0.494 e. The van der Waals surface area contributed by atoms with Crippen LogP contribution in [0.3, 0.4) is 0 Å². The van der Waals surface area contributed by atoms with Crippen LogP contribution >= 0.6 is 12.2 Å². The average molecular weight is 489 g/mol. The predicted molar refractivity (Wildman–Crippen MR) is 137 cm³/mol. The first-order valence-electron chi connectivity index (χ1n) is 11.1. The van der Waals surface area contributed by atoms with Crippen molar-refractivity contribution in [2.75, 3.05) is 16.8 Å². The number of nitrogens with zero attached hydrogens (tertiary/aromatic N) is 2. The molecule has 1 fully saturated rings. The Morgan fingerprint density at radius 3 is 2.20 bits per heavy atom. The van der Waals surface area contributed by atoms with Gasteiger partial charge in [-0.25, -0.2) is 5.01 Å². The summed E-state index contributed by atoms with van der Waals surface area (Å²) in [4.78, 5) is 40.5. The molecule has 1 atom stereocenters. The van der Waals surface area contributed by atoms with Gasteiger partial charge in [-0.15, -0.1) is 0 Å². The van der Waals surface area contributed by atoms with Gasteiger partial charge in [0.15, 0.2) is 0 Å². The molecule has 0 bridgehead atoms. The quantitative estimate of drug-likeness (QED) is 0.469. The van der Waals surface area contributed by atoms with Crippen molar-refractivity contribution >= 4 is 46.4 Å². The molecule has 2 N–H and O–H groups in total. The van der Waals surface area contributed by atoms with Gasteiger partial charge in [0.1, 0.15) is 11.8 Å². The Hall–Kier alpha value is -4.24. The maximum atomic E-state index is 13.4. The highest BCUT2D eigenvalue weighted by molar-refractivity contribution is 7.80. The zero-order valence-corrected chi connectivity index (χ0v) is 19.8. The number of carbonyl (C=O) groups excluding carboxylic acids is 3. The smallest absolute Gasteiger partial charge is 0.269 e. The molecule has 4 rings (SSSR count). The van der Waals surface area contributed by atoms with E-state index in [4.69, 9.17) is 17.0 Å². The molecule has 1 aliphatic heterocycles. The van der Waals surface area contributed by atoms with Crippen LogP contribution in [-0.4, -0.2) is 40.5 Å². The SMILES string of the molecule is CCOc1ccc(NC(=O)C[C@@H]2C(=O)N(c3ccccc3)C(=S)N2NC(=O)c2ccccc2)cc1. The van der Waals surface area contributed by atoms with Gasteiger partial charge in [-0.1, -0.05) is 36.4 Å². The lowest BCUT2D eigenvalue weighted by molar-refractivity contribution is -0.124. The van der Waals surface area contributed by atoms with E-state index in [0.717, 1.165) is 0 Å². The molecular formula is C26H24N4O4S. The number of hydrazine groups is 1. The number of nitrogens with one attached hydrogen (secondary N) is 2. The van der Waals surface area contributed by atoms with Gasteiger partial charge in [-0.05, 0) is 67.7 Å². The van der Waals surface area contributed by atoms with Gasteiger partial charge in [0.25, 0.3) is 11.8 Å². The van der Waals surface area contributed by atoms with Gasteiger partial charge in [0.05, 0.1) is 18.7 Å². The van der Waals surface area contributed by atoms with Crippen LogP contribution < -0.4 is 20.4 Å². The van der Waals surface area contributed by atoms with Crippen molar-refractivity contribution in [3.8, 4) is 5.75 Å². The Labute approximate surface area is 208 Å². The zero-order chi connectivity index (χ0) is 24.8. The van der Waals surface area contributed by atoms with Gasteiger partial charge in [0.2, 0.25) is 11.0 Å². The highest BCUT2D eigenvalue weighted by Crippen LogP contribution is 2.26. The second-order valence-corrected chi connectivity index (χ2v) is 8.06. The summed E-state index contributed by atoms with van der Waals surface area (Å²) in [6, 6.07) is 23.4. The number of amides is 3. The topological polar surface area (TPSA) is 91.0 Å². The highest BCUT2D eigenvalue weighted by Gasteiger charge is 2.45. The van der Waals surface area contributed by atoms with Crippen molar-refractivity contribution < 1.29 is 19.1 Å². The second kappa shape index (κ2) is 10.8. The number of para-hydroxylation sites is 1. The third kappa shape index (κ3) is 5.47. The summed E-state index contributed by atoms with van der Waals surface area (Å²) in [6.07, 6.45) is -0.218. The molecule has 0 unspecified atom stereocenters. The molecule has 9 heteroatoms. The van der Waals surface area contributed by atoms with E-state index in [1.807, 2.05) is 13.0 Å². The molecule has 3 amide bonds. The molecule has 0 aromatic heterocycles. The minimum absolute atomic E-state index is 0.0874. The molecule has 0 spiro atoms. The van der Waals surface area contributed by atoms with Gasteiger partial charge < -0.3 is 10.1 Å². The van der Waals surface area contributed by atoms with Crippen LogP contribution in [0.1, 0.15) is 23.7 Å². The average Bonchev–Trinajstić information content (AvgIpc) is 3.10. The summed E-state index contributed by atoms with van der Waals surface area (Å²) < 4.78 is 5.42. The molecule has 3 aromatic carbocycles. The Bertz CT molecular complexity index is 1220. The summed E-state index contributed by atoms with van der Waals surface area (Å²) in [7, 11) is 0. The van der Waals surface area contributed by atoms with Crippen molar-refractivity contribution in [3.05, 3.63) is 90.5 Å². The third-order valence-electron chi connectivity index (χ3n) is 5.31. The first-order chi connectivity index (χ1) is 17.0. The minimum Gasteiger partial charge on any atom is -0.494 e. The molecule has 1 heterocycles. The van der Waals surface area contributed by atoms with E-state index in [0.29, 0.717) is 29.3 Å². The molecule has 8 nitrogen and oxygen atoms in total. The van der Waals surface area contributed by atoms with E-state index in [1.54, 1.807) is 78.9 Å². The maximum Gasteiger partial charge on any atom is 0.269 e. The van der Waals surface area contributed by atoms with Crippen LogP contribution in [0.2, 0.25) is 0 Å². The van der Waals surface area contributed by atoms with Crippen molar-refractivity contribution in [2.45, 2.75) is 19.4 Å². The second-order valence-electron chi connectivity index (χ2n) is 7.69. The fourth-order valence-electron chi connectivity index (χ4n) is 3.67. The number of hydrogen-bond acceptors (Lipinski definition) is 5. The molecule has 3 aromatic rings. The summed E-state index contributed by atoms with van der Waals surface area (Å²) >= 11 is 5.56. The zero-order valence-electron chi connectivity index (χ0n) is 19.0. The Kier molecular flexibility index (Phi) is 7.37. The monoisotopic (exact) mass is 488 g/mol. The van der Waals surface area contributed by atoms with E-state index >= 15 is 0 Å². The van der Waals surface area contributed by atoms with Crippen LogP contribution in [0.25, 0.3) is 0 Å². The normalized spacial score (nSPS) is 15.2. The van der Waals surface area contributed by atoms with Crippen molar-refractivity contribution in [1.29, 1.82) is 0 Å². The first-order valence-corrected chi connectivity index (χ1v) is 11.5. The molecule has 0 aliphatic carbocycles. The van der Waals surface area contributed by atoms with Crippen LogP contribution in [0.15, 0.2) is 84.9 Å². The van der Waals surface area contributed by atoms with Crippen LogP contribution in [0.4, 0.5) is 11.4 Å². The van der Waals surface area contributed by atoms with E-state index in [2.05, 4.69) is 10.7 Å². The lowest BCUT2D eigenvalue weighted by Gasteiger charge is -2.24. The third-order valence-corrected chi connectivity index (χ3v) is 5.69. The standard InChI is InChI=1S/C26H24N4O4S/c1-2-34-21-15-13-19(14-16-21)27-23(31)17-22-25(33)29(20-11-7-4-8-12-20)26(35)30(22)28-24(32)18-9-5-3-6-10-18/h3-16,22H,2,17H2,1H3,(H,27,31)(H,28,32)/t22-/m1/s1. The van der Waals surface area contributed by atoms with E-state index in [9.17, 15) is 14.4 Å². The van der Waals surface area contributed by atoms with Gasteiger partial charge in [-0.2, -0.15) is 0 Å². The number of anilines is 2. The van der Waals surface area contributed by atoms with Gasteiger partial charge in [-0.3, -0.25) is 24.7 Å². The Morgan fingerprint density at radius 2 is 1.57 bits per heavy atom. The van der Waals surface area contributed by atoms with Gasteiger partial charge in [0, 0.05) is 11.3 Å². The van der Waals surface area contributed by atoms with Crippen LogP contribution in [0.5, 0.6) is 5.75 Å². The first kappa shape index (κ1) is 23.9. The summed E-state index contributed by atoms with van der Waals surface area (Å²) in [6.45, 7) is 2.43. The molecule has 1 aliphatic rings. The highest BCUT2D eigenvalue weighted by atomic mass is 32.1. The van der Waals surface area contributed by atoms with E-state index in [1.165, 1.54) is 9.91 Å². The summed E-state index contributed by atoms with van der Waals surface area (Å²) in [5.41, 5.74) is 4.22. The number of carbonyl (C=O) groups is 3. The number of thiocarbonyl (C=S) groups is 1. The van der Waals surface area contributed by atoms with E-state index < -0.39 is 23.8 Å². The molecular weight excluding hydrogens is 464 g/mol. The molecule has 1 saturated heterocycles. The lowest BCUT2D eigenvalue weighted by atomic mass is 10.1. The number of rotatable bonds is 8. The predicted octanol–water partition coefficient (Wildman–Crippen LogP) is 3.76. The van der Waals surface area contributed by atoms with Crippen LogP contribution in [0, 0.1) is 0 Å². The number of benzene rings is 3. The van der Waals surface area contributed by atoms with Crippen molar-refractivity contribution in [1.82, 2.24) is 10.4 Å². The number of hydrogen-bond donors (Lipinski definition) is 2. The maximum absolute atomic E-state index is 13.4. The van der Waals surface area contributed by atoms with Gasteiger partial charge >= 0.3 is 0 Å². The summed E-state index contributed by atoms with van der Waals surface area (Å²) in [5, 5.41) is 4.16. The molecule has 35 heavy (non-hydrogen) atoms. The summed E-state index contributed by atoms with van der Waals surface area (Å²) in [5.74, 6) is -0.553. The molecule has 178 valence electrons. The van der Waals surface area contributed by atoms with Crippen molar-refractivity contribution in [3.63, 3.8) is 0 Å². The Balaban J connectivity index is 1.54. The van der Waals surface area contributed by atoms with E-state index in [-0.39, 0.29) is 11.5 Å².